The van der Waals surface area contributed by atoms with Crippen molar-refractivity contribution in [3.63, 3.8) is 0 Å². The molecule has 0 aliphatic heterocycles. The minimum absolute atomic E-state index is 0. The van der Waals surface area contributed by atoms with Crippen molar-refractivity contribution in [1.29, 1.82) is 0 Å². The van der Waals surface area contributed by atoms with E-state index in [0.29, 0.717) is 25.0 Å². The Kier molecular flexibility index (Phi) is 14.8. The number of carbonyl (C=O) groups excluding carboxylic acids is 1. The number of nitrogens with zero attached hydrogens (tertiary/aromatic N) is 1. The number of aliphatic imine (C=N–C) groups is 1. The summed E-state index contributed by atoms with van der Waals surface area (Å²) in [5.41, 5.74) is 0. The zero-order chi connectivity index (χ0) is 19.4. The Balaban J connectivity index is 0.00000676. The summed E-state index contributed by atoms with van der Waals surface area (Å²) in [5, 5.41) is 9.58. The lowest BCUT2D eigenvalue weighted by molar-refractivity contribution is 0.0258. The Hall–Kier alpha value is -0.770. The summed E-state index contributed by atoms with van der Waals surface area (Å²) in [6, 6.07) is 0.0383. The summed E-state index contributed by atoms with van der Waals surface area (Å²) in [6.07, 6.45) is 3.11. The van der Waals surface area contributed by atoms with Crippen molar-refractivity contribution in [2.75, 3.05) is 32.8 Å². The molecule has 8 heteroatoms. The summed E-state index contributed by atoms with van der Waals surface area (Å²) in [7, 11) is 0. The van der Waals surface area contributed by atoms with Gasteiger partial charge in [-0.1, -0.05) is 13.8 Å². The van der Waals surface area contributed by atoms with E-state index in [9.17, 15) is 4.79 Å². The fraction of sp³-hybridized carbons (Fsp3) is 0.895. The smallest absolute Gasteiger partial charge is 0.407 e. The molecular weight excluding hydrogens is 459 g/mol. The quantitative estimate of drug-likeness (QED) is 0.219. The Morgan fingerprint density at radius 1 is 1.15 bits per heavy atom. The lowest BCUT2D eigenvalue weighted by Gasteiger charge is -2.22. The first-order valence-electron chi connectivity index (χ1n) is 10.1. The predicted molar refractivity (Wildman–Crippen MR) is 121 cm³/mol. The van der Waals surface area contributed by atoms with Crippen LogP contribution in [0, 0.1) is 11.8 Å². The van der Waals surface area contributed by atoms with Gasteiger partial charge in [0.05, 0.1) is 25.3 Å². The van der Waals surface area contributed by atoms with E-state index < -0.39 is 0 Å². The van der Waals surface area contributed by atoms with Gasteiger partial charge in [0.15, 0.2) is 5.96 Å². The number of ether oxygens (including phenoxy) is 2. The van der Waals surface area contributed by atoms with Gasteiger partial charge in [0.2, 0.25) is 0 Å². The highest BCUT2D eigenvalue weighted by atomic mass is 127. The average Bonchev–Trinajstić information content (AvgIpc) is 3.42. The van der Waals surface area contributed by atoms with Crippen molar-refractivity contribution in [2.24, 2.45) is 16.8 Å². The molecule has 0 heterocycles. The van der Waals surface area contributed by atoms with E-state index in [2.05, 4.69) is 34.8 Å². The molecule has 0 aromatic rings. The normalized spacial score (nSPS) is 16.3. The fourth-order valence-electron chi connectivity index (χ4n) is 2.82. The van der Waals surface area contributed by atoms with E-state index in [-0.39, 0.29) is 42.2 Å². The average molecular weight is 498 g/mol. The third-order valence-electron chi connectivity index (χ3n) is 4.41. The van der Waals surface area contributed by atoms with Gasteiger partial charge < -0.3 is 25.4 Å². The number of carbonyl (C=O) groups is 1. The van der Waals surface area contributed by atoms with Crippen LogP contribution in [0.2, 0.25) is 0 Å². The number of halogens is 1. The summed E-state index contributed by atoms with van der Waals surface area (Å²) >= 11 is 0. The van der Waals surface area contributed by atoms with Gasteiger partial charge in [-0.05, 0) is 51.9 Å². The van der Waals surface area contributed by atoms with Crippen LogP contribution >= 0.6 is 24.0 Å². The zero-order valence-electron chi connectivity index (χ0n) is 17.5. The molecule has 160 valence electrons. The van der Waals surface area contributed by atoms with Gasteiger partial charge >= 0.3 is 6.09 Å². The zero-order valence-corrected chi connectivity index (χ0v) is 19.9. The van der Waals surface area contributed by atoms with E-state index in [1.807, 2.05) is 20.8 Å². The topological polar surface area (TPSA) is 84.0 Å². The van der Waals surface area contributed by atoms with Crippen molar-refractivity contribution < 1.29 is 14.3 Å². The minimum Gasteiger partial charge on any atom is -0.450 e. The molecule has 0 spiro atoms. The first kappa shape index (κ1) is 26.2. The molecule has 0 aromatic heterocycles. The Morgan fingerprint density at radius 2 is 1.85 bits per heavy atom. The predicted octanol–water partition coefficient (Wildman–Crippen LogP) is 3.14. The Morgan fingerprint density at radius 3 is 2.37 bits per heavy atom. The molecule has 1 fully saturated rings. The largest absolute Gasteiger partial charge is 0.450 e. The molecule has 0 saturated heterocycles. The number of hydrogen-bond acceptors (Lipinski definition) is 4. The molecule has 1 amide bonds. The monoisotopic (exact) mass is 498 g/mol. The summed E-state index contributed by atoms with van der Waals surface area (Å²) in [6.45, 7) is 13.5. The molecule has 27 heavy (non-hydrogen) atoms. The van der Waals surface area contributed by atoms with Gasteiger partial charge in [0.1, 0.15) is 0 Å². The first-order valence-corrected chi connectivity index (χ1v) is 10.1. The Labute approximate surface area is 181 Å². The molecule has 1 aliphatic rings. The fourth-order valence-corrected chi connectivity index (χ4v) is 2.82. The summed E-state index contributed by atoms with van der Waals surface area (Å²) < 4.78 is 10.8. The van der Waals surface area contributed by atoms with E-state index in [4.69, 9.17) is 9.47 Å². The van der Waals surface area contributed by atoms with Crippen LogP contribution in [-0.2, 0) is 9.47 Å². The number of nitrogens with one attached hydrogen (secondary N) is 3. The van der Waals surface area contributed by atoms with Crippen molar-refractivity contribution in [3.8, 4) is 0 Å². The second-order valence-electron chi connectivity index (χ2n) is 6.98. The lowest BCUT2D eigenvalue weighted by Crippen LogP contribution is -2.42. The third kappa shape index (κ3) is 11.6. The lowest BCUT2D eigenvalue weighted by atomic mass is 10.0. The molecule has 0 radical (unpaired) electrons. The molecule has 1 saturated carbocycles. The van der Waals surface area contributed by atoms with E-state index in [1.54, 1.807) is 0 Å². The van der Waals surface area contributed by atoms with E-state index >= 15 is 0 Å². The van der Waals surface area contributed by atoms with Crippen LogP contribution < -0.4 is 16.0 Å². The summed E-state index contributed by atoms with van der Waals surface area (Å²) in [5.74, 6) is 1.78. The number of rotatable bonds is 12. The van der Waals surface area contributed by atoms with E-state index in [1.165, 1.54) is 0 Å². The van der Waals surface area contributed by atoms with Crippen LogP contribution in [-0.4, -0.2) is 57.0 Å². The highest BCUT2D eigenvalue weighted by Gasteiger charge is 2.32. The maximum atomic E-state index is 11.7. The van der Waals surface area contributed by atoms with Gasteiger partial charge in [0, 0.05) is 19.7 Å². The molecule has 1 aliphatic carbocycles. The maximum absolute atomic E-state index is 11.7. The molecule has 0 aromatic carbocycles. The van der Waals surface area contributed by atoms with Crippen LogP contribution in [0.4, 0.5) is 4.79 Å². The molecular formula is C19H39IN4O3. The van der Waals surface area contributed by atoms with Gasteiger partial charge in [-0.25, -0.2) is 4.79 Å². The number of guanidine groups is 1. The Bertz CT molecular complexity index is 431. The highest BCUT2D eigenvalue weighted by molar-refractivity contribution is 14.0. The van der Waals surface area contributed by atoms with Gasteiger partial charge in [-0.2, -0.15) is 0 Å². The van der Waals surface area contributed by atoms with Crippen molar-refractivity contribution in [2.45, 2.75) is 66.0 Å². The van der Waals surface area contributed by atoms with Gasteiger partial charge in [-0.3, -0.25) is 4.99 Å². The minimum atomic E-state index is -0.353. The van der Waals surface area contributed by atoms with Crippen molar-refractivity contribution in [3.05, 3.63) is 0 Å². The number of alkyl carbamates (subject to hydrolysis) is 1. The third-order valence-corrected chi connectivity index (χ3v) is 4.41. The molecule has 2 unspecified atom stereocenters. The van der Waals surface area contributed by atoms with Crippen LogP contribution in [0.25, 0.3) is 0 Å². The van der Waals surface area contributed by atoms with Crippen molar-refractivity contribution in [1.82, 2.24) is 16.0 Å². The van der Waals surface area contributed by atoms with Crippen LogP contribution in [0.15, 0.2) is 4.99 Å². The van der Waals surface area contributed by atoms with Gasteiger partial charge in [-0.15, -0.1) is 24.0 Å². The molecule has 2 atom stereocenters. The molecule has 7 nitrogen and oxygen atoms in total. The SMILES string of the molecule is CCNC(=NCC(NC(=O)OCC)C1CC1)NCCC(OCC)C(C)C.I. The first-order chi connectivity index (χ1) is 12.5. The second kappa shape index (κ2) is 15.2. The molecule has 1 rings (SSSR count). The maximum Gasteiger partial charge on any atom is 0.407 e. The molecule has 3 N–H and O–H groups in total. The second-order valence-corrected chi connectivity index (χ2v) is 6.98. The summed E-state index contributed by atoms with van der Waals surface area (Å²) in [4.78, 5) is 16.4. The van der Waals surface area contributed by atoms with Crippen LogP contribution in [0.3, 0.4) is 0 Å². The number of hydrogen-bond donors (Lipinski definition) is 3. The van der Waals surface area contributed by atoms with Crippen LogP contribution in [0.1, 0.15) is 53.9 Å². The van der Waals surface area contributed by atoms with Gasteiger partial charge in [0.25, 0.3) is 0 Å². The molecule has 0 bridgehead atoms. The highest BCUT2D eigenvalue weighted by Crippen LogP contribution is 2.32. The standard InChI is InChI=1S/C19H38N4O3.HI/c1-6-20-18(21-12-11-17(14(4)5)25-7-2)22-13-16(15-9-10-15)23-19(24)26-8-3;/h14-17H,6-13H2,1-5H3,(H,23,24)(H2,20,21,22);1H. The van der Waals surface area contributed by atoms with E-state index in [0.717, 1.165) is 44.9 Å². The van der Waals surface area contributed by atoms with Crippen molar-refractivity contribution >= 4 is 36.0 Å². The number of amides is 1. The van der Waals surface area contributed by atoms with Crippen LogP contribution in [0.5, 0.6) is 0 Å².